The Labute approximate surface area is 88.7 Å². The molecule has 1 rings (SSSR count). The van der Waals surface area contributed by atoms with E-state index in [0.717, 1.165) is 11.1 Å². The van der Waals surface area contributed by atoms with Crippen molar-refractivity contribution in [3.05, 3.63) is 39.4 Å². The predicted octanol–water partition coefficient (Wildman–Crippen LogP) is 2.25. The molecule has 1 aromatic carbocycles. The van der Waals surface area contributed by atoms with Crippen molar-refractivity contribution in [3.63, 3.8) is 0 Å². The van der Waals surface area contributed by atoms with Gasteiger partial charge in [0.15, 0.2) is 0 Å². The first-order valence-corrected chi connectivity index (χ1v) is 4.98. The summed E-state index contributed by atoms with van der Waals surface area (Å²) in [5, 5.41) is 19.9. The lowest BCUT2D eigenvalue weighted by molar-refractivity contribution is -0.385. The third-order valence-corrected chi connectivity index (χ3v) is 2.54. The molecule has 1 unspecified atom stereocenters. The second-order valence-electron chi connectivity index (χ2n) is 3.54. The van der Waals surface area contributed by atoms with E-state index in [9.17, 15) is 10.1 Å². The second kappa shape index (κ2) is 4.89. The van der Waals surface area contributed by atoms with Crippen LogP contribution in [0.2, 0.25) is 0 Å². The van der Waals surface area contributed by atoms with E-state index >= 15 is 0 Å². The molecule has 0 bridgehead atoms. The number of benzene rings is 1. The molecule has 0 radical (unpaired) electrons. The number of hydrogen-bond donors (Lipinski definition) is 1. The predicted molar refractivity (Wildman–Crippen MR) is 58.0 cm³/mol. The topological polar surface area (TPSA) is 63.4 Å². The number of nitro benzene ring substituents is 1. The molecule has 0 aromatic heterocycles. The Morgan fingerprint density at radius 3 is 2.67 bits per heavy atom. The Kier molecular flexibility index (Phi) is 3.80. The van der Waals surface area contributed by atoms with Crippen LogP contribution in [0.25, 0.3) is 0 Å². The average Bonchev–Trinajstić information content (AvgIpc) is 2.26. The first-order valence-electron chi connectivity index (χ1n) is 4.98. The molecule has 15 heavy (non-hydrogen) atoms. The summed E-state index contributed by atoms with van der Waals surface area (Å²) in [6.07, 6.45) is 0.608. The van der Waals surface area contributed by atoms with Gasteiger partial charge in [0, 0.05) is 24.2 Å². The SMILES string of the molecule is CCc1c(C(C)CO)cccc1[N+](=O)[O-]. The number of nitro groups is 1. The van der Waals surface area contributed by atoms with Crippen LogP contribution in [0.4, 0.5) is 5.69 Å². The van der Waals surface area contributed by atoms with E-state index in [2.05, 4.69) is 0 Å². The van der Waals surface area contributed by atoms with Crippen molar-refractivity contribution in [2.24, 2.45) is 0 Å². The van der Waals surface area contributed by atoms with Crippen LogP contribution in [-0.2, 0) is 6.42 Å². The van der Waals surface area contributed by atoms with Crippen molar-refractivity contribution in [2.75, 3.05) is 6.61 Å². The monoisotopic (exact) mass is 209 g/mol. The lowest BCUT2D eigenvalue weighted by Crippen LogP contribution is -2.05. The molecular formula is C11H15NO3. The summed E-state index contributed by atoms with van der Waals surface area (Å²) in [6, 6.07) is 5.01. The maximum atomic E-state index is 10.8. The largest absolute Gasteiger partial charge is 0.396 e. The van der Waals surface area contributed by atoms with E-state index in [1.54, 1.807) is 6.07 Å². The van der Waals surface area contributed by atoms with Crippen LogP contribution >= 0.6 is 0 Å². The molecule has 4 nitrogen and oxygen atoms in total. The number of aliphatic hydroxyl groups is 1. The minimum atomic E-state index is -0.369. The highest BCUT2D eigenvalue weighted by molar-refractivity contribution is 5.46. The number of hydrogen-bond acceptors (Lipinski definition) is 3. The highest BCUT2D eigenvalue weighted by Crippen LogP contribution is 2.27. The molecule has 0 spiro atoms. The summed E-state index contributed by atoms with van der Waals surface area (Å²) < 4.78 is 0. The maximum absolute atomic E-state index is 10.8. The van der Waals surface area contributed by atoms with E-state index in [-0.39, 0.29) is 23.1 Å². The van der Waals surface area contributed by atoms with Crippen LogP contribution in [0.1, 0.15) is 30.9 Å². The molecule has 0 saturated heterocycles. The number of aliphatic hydroxyl groups excluding tert-OH is 1. The molecule has 0 aliphatic heterocycles. The van der Waals surface area contributed by atoms with Gasteiger partial charge in [0.2, 0.25) is 0 Å². The van der Waals surface area contributed by atoms with Crippen LogP contribution in [0, 0.1) is 10.1 Å². The molecule has 0 heterocycles. The fourth-order valence-corrected chi connectivity index (χ4v) is 1.71. The molecule has 1 aromatic rings. The van der Waals surface area contributed by atoms with Gasteiger partial charge in [0.25, 0.3) is 5.69 Å². The summed E-state index contributed by atoms with van der Waals surface area (Å²) in [7, 11) is 0. The fraction of sp³-hybridized carbons (Fsp3) is 0.455. The Hall–Kier alpha value is -1.42. The average molecular weight is 209 g/mol. The zero-order chi connectivity index (χ0) is 11.4. The van der Waals surface area contributed by atoms with E-state index in [1.807, 2.05) is 19.9 Å². The molecule has 0 saturated carbocycles. The molecule has 1 atom stereocenters. The Balaban J connectivity index is 3.28. The molecule has 0 fully saturated rings. The van der Waals surface area contributed by atoms with E-state index < -0.39 is 0 Å². The normalized spacial score (nSPS) is 12.5. The van der Waals surface area contributed by atoms with Crippen molar-refractivity contribution in [2.45, 2.75) is 26.2 Å². The maximum Gasteiger partial charge on any atom is 0.272 e. The van der Waals surface area contributed by atoms with Crippen LogP contribution < -0.4 is 0 Å². The van der Waals surface area contributed by atoms with Crippen molar-refractivity contribution in [3.8, 4) is 0 Å². The fourth-order valence-electron chi connectivity index (χ4n) is 1.71. The first kappa shape index (κ1) is 11.7. The van der Waals surface area contributed by atoms with Gasteiger partial charge in [-0.2, -0.15) is 0 Å². The smallest absolute Gasteiger partial charge is 0.272 e. The lowest BCUT2D eigenvalue weighted by atomic mass is 9.94. The van der Waals surface area contributed by atoms with Crippen LogP contribution in [0.3, 0.4) is 0 Å². The molecule has 0 aliphatic carbocycles. The van der Waals surface area contributed by atoms with Crippen molar-refractivity contribution >= 4 is 5.69 Å². The standard InChI is InChI=1S/C11H15NO3/c1-3-9-10(8(2)7-13)5-4-6-11(9)12(14)15/h4-6,8,13H,3,7H2,1-2H3. The lowest BCUT2D eigenvalue weighted by Gasteiger charge is -2.13. The summed E-state index contributed by atoms with van der Waals surface area (Å²) >= 11 is 0. The molecule has 82 valence electrons. The molecule has 4 heteroatoms. The second-order valence-corrected chi connectivity index (χ2v) is 3.54. The highest BCUT2D eigenvalue weighted by Gasteiger charge is 2.18. The summed E-state index contributed by atoms with van der Waals surface area (Å²) in [4.78, 5) is 10.4. The zero-order valence-electron chi connectivity index (χ0n) is 8.93. The minimum Gasteiger partial charge on any atom is -0.396 e. The van der Waals surface area contributed by atoms with Gasteiger partial charge in [-0.05, 0) is 12.0 Å². The molecular weight excluding hydrogens is 194 g/mol. The number of rotatable bonds is 4. The van der Waals surface area contributed by atoms with Gasteiger partial charge in [0.05, 0.1) is 4.92 Å². The van der Waals surface area contributed by atoms with Crippen molar-refractivity contribution < 1.29 is 10.0 Å². The van der Waals surface area contributed by atoms with Gasteiger partial charge in [-0.3, -0.25) is 10.1 Å². The van der Waals surface area contributed by atoms with Gasteiger partial charge in [0.1, 0.15) is 0 Å². The van der Waals surface area contributed by atoms with Gasteiger partial charge in [-0.25, -0.2) is 0 Å². The number of nitrogens with zero attached hydrogens (tertiary/aromatic N) is 1. The van der Waals surface area contributed by atoms with Gasteiger partial charge >= 0.3 is 0 Å². The summed E-state index contributed by atoms with van der Waals surface area (Å²) in [6.45, 7) is 3.75. The molecule has 0 amide bonds. The van der Waals surface area contributed by atoms with Crippen molar-refractivity contribution in [1.82, 2.24) is 0 Å². The molecule has 0 aliphatic rings. The van der Waals surface area contributed by atoms with E-state index in [0.29, 0.717) is 6.42 Å². The van der Waals surface area contributed by atoms with E-state index in [4.69, 9.17) is 5.11 Å². The Morgan fingerprint density at radius 2 is 2.20 bits per heavy atom. The first-order chi connectivity index (χ1) is 7.11. The van der Waals surface area contributed by atoms with Gasteiger partial charge in [-0.15, -0.1) is 0 Å². The van der Waals surface area contributed by atoms with Crippen LogP contribution in [0.15, 0.2) is 18.2 Å². The van der Waals surface area contributed by atoms with Crippen LogP contribution in [-0.4, -0.2) is 16.6 Å². The summed E-state index contributed by atoms with van der Waals surface area (Å²) in [5.74, 6) is -0.0557. The van der Waals surface area contributed by atoms with E-state index in [1.165, 1.54) is 6.07 Å². The highest BCUT2D eigenvalue weighted by atomic mass is 16.6. The van der Waals surface area contributed by atoms with Crippen molar-refractivity contribution in [1.29, 1.82) is 0 Å². The minimum absolute atomic E-state index is 0.00810. The van der Waals surface area contributed by atoms with Gasteiger partial charge in [-0.1, -0.05) is 26.0 Å². The Morgan fingerprint density at radius 1 is 1.53 bits per heavy atom. The quantitative estimate of drug-likeness (QED) is 0.611. The third kappa shape index (κ3) is 2.33. The Bertz CT molecular complexity index is 363. The van der Waals surface area contributed by atoms with Gasteiger partial charge < -0.3 is 5.11 Å². The molecule has 1 N–H and O–H groups in total. The zero-order valence-corrected chi connectivity index (χ0v) is 8.93. The third-order valence-electron chi connectivity index (χ3n) is 2.54. The van der Waals surface area contributed by atoms with Crippen LogP contribution in [0.5, 0.6) is 0 Å². The summed E-state index contributed by atoms with van der Waals surface area (Å²) in [5.41, 5.74) is 1.74.